The molecule has 0 aliphatic rings. The summed E-state index contributed by atoms with van der Waals surface area (Å²) in [6.45, 7) is 4.91. The number of esters is 1. The van der Waals surface area contributed by atoms with Crippen LogP contribution in [0.2, 0.25) is 5.02 Å². The summed E-state index contributed by atoms with van der Waals surface area (Å²) in [4.78, 5) is 12.8. The van der Waals surface area contributed by atoms with Crippen molar-refractivity contribution in [1.29, 1.82) is 0 Å². The van der Waals surface area contributed by atoms with Crippen molar-refractivity contribution in [3.05, 3.63) is 100 Å². The maximum absolute atomic E-state index is 12.8. The molecular formula is C30H34ClN3O5S. The van der Waals surface area contributed by atoms with E-state index in [2.05, 4.69) is 23.0 Å². The number of rotatable bonds is 12. The molecule has 2 atom stereocenters. The first-order valence-electron chi connectivity index (χ1n) is 13.1. The van der Waals surface area contributed by atoms with E-state index in [1.807, 2.05) is 47.0 Å². The second kappa shape index (κ2) is 12.9. The van der Waals surface area contributed by atoms with Gasteiger partial charge in [-0.05, 0) is 79.4 Å². The number of benzene rings is 3. The van der Waals surface area contributed by atoms with E-state index < -0.39 is 22.1 Å². The van der Waals surface area contributed by atoms with Crippen molar-refractivity contribution in [2.24, 2.45) is 0 Å². The molecule has 3 aromatic carbocycles. The molecule has 10 heteroatoms. The topological polar surface area (TPSA) is 110 Å². The van der Waals surface area contributed by atoms with E-state index in [4.69, 9.17) is 16.3 Å². The minimum atomic E-state index is -3.37. The van der Waals surface area contributed by atoms with Crippen LogP contribution in [0.1, 0.15) is 47.1 Å². The quantitative estimate of drug-likeness (QED) is 0.199. The molecule has 0 radical (unpaired) electrons. The normalized spacial score (nSPS) is 13.2. The average Bonchev–Trinajstić information content (AvgIpc) is 3.25. The average molecular weight is 584 g/mol. The molecule has 40 heavy (non-hydrogen) atoms. The van der Waals surface area contributed by atoms with Crippen LogP contribution in [0.3, 0.4) is 0 Å². The molecule has 4 aromatic rings. The fourth-order valence-electron chi connectivity index (χ4n) is 4.64. The fourth-order valence-corrected chi connectivity index (χ4v) is 5.40. The molecule has 0 amide bonds. The number of ether oxygens (including phenoxy) is 1. The third-order valence-corrected chi connectivity index (χ3v) is 7.32. The van der Waals surface area contributed by atoms with Crippen molar-refractivity contribution in [2.75, 3.05) is 24.1 Å². The monoisotopic (exact) mass is 583 g/mol. The number of carbonyl (C=O) groups excluding carboxylic acids is 1. The van der Waals surface area contributed by atoms with E-state index in [-0.39, 0.29) is 12.6 Å². The Balaban J connectivity index is 1.51. The highest BCUT2D eigenvalue weighted by Gasteiger charge is 2.18. The molecule has 0 spiro atoms. The molecule has 0 fully saturated rings. The first-order chi connectivity index (χ1) is 19.0. The van der Waals surface area contributed by atoms with Gasteiger partial charge in [-0.1, -0.05) is 41.9 Å². The van der Waals surface area contributed by atoms with Crippen LogP contribution in [0.4, 0.5) is 5.69 Å². The van der Waals surface area contributed by atoms with Gasteiger partial charge in [-0.25, -0.2) is 13.2 Å². The standard InChI is InChI=1S/C30H34ClN3O5S/c1-4-39-30(36)28-17-24-15-22(14-20(2)32-18-29(35)23-6-5-7-25(31)16-23)10-13-27(24)34(28)19-21-8-11-26(12-9-21)33-40(3,37)38/h5-13,15-17,20,29,32-33,35H,4,14,18-19H2,1-3H3/t20-,29+/m1/s1. The van der Waals surface area contributed by atoms with E-state index in [0.717, 1.165) is 40.3 Å². The number of sulfonamides is 1. The minimum absolute atomic E-state index is 0.0944. The van der Waals surface area contributed by atoms with Crippen LogP contribution < -0.4 is 10.0 Å². The predicted octanol–water partition coefficient (Wildman–Crippen LogP) is 5.15. The third-order valence-electron chi connectivity index (χ3n) is 6.48. The summed E-state index contributed by atoms with van der Waals surface area (Å²) in [6, 6.07) is 22.3. The van der Waals surface area contributed by atoms with Gasteiger partial charge in [-0.3, -0.25) is 4.72 Å². The lowest BCUT2D eigenvalue weighted by molar-refractivity contribution is 0.0515. The number of aliphatic hydroxyl groups excluding tert-OH is 1. The number of fused-ring (bicyclic) bond motifs is 1. The Bertz CT molecular complexity index is 1580. The molecule has 0 aliphatic heterocycles. The van der Waals surface area contributed by atoms with Crippen LogP contribution in [0.25, 0.3) is 10.9 Å². The van der Waals surface area contributed by atoms with Crippen molar-refractivity contribution in [3.8, 4) is 0 Å². The number of halogens is 1. The van der Waals surface area contributed by atoms with E-state index in [9.17, 15) is 18.3 Å². The maximum Gasteiger partial charge on any atom is 0.354 e. The summed E-state index contributed by atoms with van der Waals surface area (Å²) in [6.07, 6.45) is 1.17. The van der Waals surface area contributed by atoms with Crippen LogP contribution in [-0.2, 0) is 27.7 Å². The van der Waals surface area contributed by atoms with Crippen molar-refractivity contribution in [3.63, 3.8) is 0 Å². The molecule has 0 unspecified atom stereocenters. The Morgan fingerprint density at radius 2 is 1.77 bits per heavy atom. The summed E-state index contributed by atoms with van der Waals surface area (Å²) >= 11 is 6.04. The van der Waals surface area contributed by atoms with Gasteiger partial charge in [0.25, 0.3) is 0 Å². The Morgan fingerprint density at radius 1 is 1.05 bits per heavy atom. The molecule has 1 heterocycles. The first kappa shape index (κ1) is 29.6. The zero-order valence-electron chi connectivity index (χ0n) is 22.7. The highest BCUT2D eigenvalue weighted by molar-refractivity contribution is 7.92. The van der Waals surface area contributed by atoms with Gasteiger partial charge in [0.05, 0.1) is 19.0 Å². The van der Waals surface area contributed by atoms with E-state index in [1.54, 1.807) is 31.2 Å². The summed E-state index contributed by atoms with van der Waals surface area (Å²) in [5.41, 5.74) is 4.57. The van der Waals surface area contributed by atoms with Crippen LogP contribution in [0, 0.1) is 0 Å². The Kier molecular flexibility index (Phi) is 9.52. The Hall–Kier alpha value is -3.37. The van der Waals surface area contributed by atoms with Gasteiger partial charge in [-0.15, -0.1) is 0 Å². The largest absolute Gasteiger partial charge is 0.461 e. The smallest absolute Gasteiger partial charge is 0.354 e. The second-order valence-electron chi connectivity index (χ2n) is 9.88. The number of aromatic nitrogens is 1. The zero-order valence-corrected chi connectivity index (χ0v) is 24.3. The van der Waals surface area contributed by atoms with Gasteiger partial charge in [0.2, 0.25) is 10.0 Å². The second-order valence-corrected chi connectivity index (χ2v) is 12.1. The predicted molar refractivity (Wildman–Crippen MR) is 159 cm³/mol. The summed E-state index contributed by atoms with van der Waals surface area (Å²) < 4.78 is 32.7. The lowest BCUT2D eigenvalue weighted by Gasteiger charge is -2.18. The number of hydrogen-bond acceptors (Lipinski definition) is 6. The van der Waals surface area contributed by atoms with Gasteiger partial charge < -0.3 is 19.7 Å². The highest BCUT2D eigenvalue weighted by Crippen LogP contribution is 2.25. The molecule has 0 aliphatic carbocycles. The molecule has 212 valence electrons. The number of hydrogen-bond donors (Lipinski definition) is 3. The number of carbonyl (C=O) groups is 1. The first-order valence-corrected chi connectivity index (χ1v) is 15.3. The van der Waals surface area contributed by atoms with Gasteiger partial charge in [-0.2, -0.15) is 0 Å². The third kappa shape index (κ3) is 7.85. The molecule has 0 saturated heterocycles. The zero-order chi connectivity index (χ0) is 28.9. The molecule has 4 rings (SSSR count). The molecule has 0 bridgehead atoms. The van der Waals surface area contributed by atoms with E-state index in [1.165, 1.54) is 0 Å². The van der Waals surface area contributed by atoms with Crippen molar-refractivity contribution in [1.82, 2.24) is 9.88 Å². The van der Waals surface area contributed by atoms with Gasteiger partial charge in [0.1, 0.15) is 5.69 Å². The van der Waals surface area contributed by atoms with Crippen LogP contribution in [-0.4, -0.2) is 49.5 Å². The number of aliphatic hydroxyl groups is 1. The minimum Gasteiger partial charge on any atom is -0.461 e. The molecule has 8 nitrogen and oxygen atoms in total. The van der Waals surface area contributed by atoms with Crippen molar-refractivity contribution in [2.45, 2.75) is 39.0 Å². The number of nitrogens with one attached hydrogen (secondary N) is 2. The number of nitrogens with zero attached hydrogens (tertiary/aromatic N) is 1. The Morgan fingerprint density at radius 3 is 2.45 bits per heavy atom. The van der Waals surface area contributed by atoms with E-state index in [0.29, 0.717) is 29.5 Å². The highest BCUT2D eigenvalue weighted by atomic mass is 35.5. The fraction of sp³-hybridized carbons (Fsp3) is 0.300. The lowest BCUT2D eigenvalue weighted by atomic mass is 10.0. The summed E-state index contributed by atoms with van der Waals surface area (Å²) in [5.74, 6) is -0.402. The van der Waals surface area contributed by atoms with Crippen LogP contribution in [0.15, 0.2) is 72.8 Å². The van der Waals surface area contributed by atoms with E-state index >= 15 is 0 Å². The summed E-state index contributed by atoms with van der Waals surface area (Å²) in [5, 5.41) is 15.4. The molecule has 1 aromatic heterocycles. The molecular weight excluding hydrogens is 550 g/mol. The maximum atomic E-state index is 12.8. The van der Waals surface area contributed by atoms with Gasteiger partial charge in [0.15, 0.2) is 0 Å². The molecule has 0 saturated carbocycles. The van der Waals surface area contributed by atoms with Crippen molar-refractivity contribution >= 4 is 44.2 Å². The van der Waals surface area contributed by atoms with Crippen LogP contribution >= 0.6 is 11.6 Å². The number of anilines is 1. The van der Waals surface area contributed by atoms with Gasteiger partial charge >= 0.3 is 5.97 Å². The van der Waals surface area contributed by atoms with Crippen molar-refractivity contribution < 1.29 is 23.1 Å². The van der Waals surface area contributed by atoms with Gasteiger partial charge in [0, 0.05) is 40.7 Å². The van der Waals surface area contributed by atoms with Crippen LogP contribution in [0.5, 0.6) is 0 Å². The Labute approximate surface area is 240 Å². The SMILES string of the molecule is CCOC(=O)c1cc2cc(C[C@@H](C)NC[C@H](O)c3cccc(Cl)c3)ccc2n1Cc1ccc(NS(C)(=O)=O)cc1. The molecule has 3 N–H and O–H groups in total. The summed E-state index contributed by atoms with van der Waals surface area (Å²) in [7, 11) is -3.37. The lowest BCUT2D eigenvalue weighted by Crippen LogP contribution is -2.32.